The van der Waals surface area contributed by atoms with Gasteiger partial charge in [0.05, 0.1) is 12.1 Å². The maximum absolute atomic E-state index is 13.2. The van der Waals surface area contributed by atoms with Crippen molar-refractivity contribution < 1.29 is 22.8 Å². The van der Waals surface area contributed by atoms with Gasteiger partial charge in [-0.25, -0.2) is 4.79 Å². The Balaban J connectivity index is 1.55. The Hall–Kier alpha value is -3.29. The highest BCUT2D eigenvalue weighted by molar-refractivity contribution is 6.04. The lowest BCUT2D eigenvalue weighted by atomic mass is 10.0. The number of amides is 3. The number of fused-ring (bicyclic) bond motifs is 1. The number of carbonyl (C=O) groups excluding carboxylic acids is 2. The van der Waals surface area contributed by atoms with Crippen LogP contribution in [0.4, 0.5) is 18.0 Å². The maximum atomic E-state index is 13.2. The molecule has 4 rings (SSSR count). The summed E-state index contributed by atoms with van der Waals surface area (Å²) in [6.07, 6.45) is -2.53. The molecule has 1 unspecified atom stereocenters. The molecule has 3 amide bonds. The molecule has 144 valence electrons. The van der Waals surface area contributed by atoms with Crippen LogP contribution in [-0.4, -0.2) is 27.9 Å². The van der Waals surface area contributed by atoms with Crippen LogP contribution in [0.3, 0.4) is 0 Å². The zero-order chi connectivity index (χ0) is 19.9. The van der Waals surface area contributed by atoms with Gasteiger partial charge in [0, 0.05) is 23.5 Å². The number of alkyl halides is 3. The van der Waals surface area contributed by atoms with Crippen molar-refractivity contribution in [2.45, 2.75) is 25.2 Å². The minimum Gasteiger partial charge on any atom is -0.361 e. The number of urea groups is 1. The summed E-state index contributed by atoms with van der Waals surface area (Å²) in [5.41, 5.74) is 0.791. The number of nitrogens with zero attached hydrogens (tertiary/aromatic N) is 1. The van der Waals surface area contributed by atoms with Gasteiger partial charge in [-0.05, 0) is 23.3 Å². The summed E-state index contributed by atoms with van der Waals surface area (Å²) in [4.78, 5) is 28.9. The molecular formula is C20H16F3N3O2. The molecule has 1 aliphatic heterocycles. The molecule has 1 atom stereocenters. The van der Waals surface area contributed by atoms with Gasteiger partial charge in [0.15, 0.2) is 0 Å². The van der Waals surface area contributed by atoms with Crippen molar-refractivity contribution in [1.29, 1.82) is 0 Å². The Morgan fingerprint density at radius 2 is 1.68 bits per heavy atom. The van der Waals surface area contributed by atoms with Crippen LogP contribution in [0, 0.1) is 0 Å². The van der Waals surface area contributed by atoms with E-state index in [-0.39, 0.29) is 12.0 Å². The first-order valence-corrected chi connectivity index (χ1v) is 8.66. The number of halogens is 3. The van der Waals surface area contributed by atoms with E-state index < -0.39 is 36.3 Å². The molecule has 5 nitrogen and oxygen atoms in total. The second kappa shape index (κ2) is 6.70. The molecule has 0 radical (unpaired) electrons. The number of imide groups is 1. The monoisotopic (exact) mass is 387 g/mol. The van der Waals surface area contributed by atoms with Crippen LogP contribution in [0.1, 0.15) is 16.7 Å². The molecular weight excluding hydrogens is 371 g/mol. The van der Waals surface area contributed by atoms with Crippen LogP contribution in [0.5, 0.6) is 0 Å². The molecule has 0 aliphatic carbocycles. The Kier molecular flexibility index (Phi) is 4.33. The van der Waals surface area contributed by atoms with Gasteiger partial charge >= 0.3 is 12.2 Å². The van der Waals surface area contributed by atoms with Crippen molar-refractivity contribution >= 4 is 22.8 Å². The Morgan fingerprint density at radius 3 is 2.46 bits per heavy atom. The van der Waals surface area contributed by atoms with E-state index in [4.69, 9.17) is 0 Å². The van der Waals surface area contributed by atoms with E-state index in [1.807, 2.05) is 24.3 Å². The Bertz CT molecular complexity index is 1060. The average molecular weight is 387 g/mol. The van der Waals surface area contributed by atoms with Crippen LogP contribution >= 0.6 is 0 Å². The third kappa shape index (κ3) is 3.21. The lowest BCUT2D eigenvalue weighted by Gasteiger charge is -2.17. The summed E-state index contributed by atoms with van der Waals surface area (Å²) in [6.45, 7) is -0.426. The van der Waals surface area contributed by atoms with E-state index >= 15 is 0 Å². The smallest absolute Gasteiger partial charge is 0.361 e. The van der Waals surface area contributed by atoms with Crippen molar-refractivity contribution in [3.05, 3.63) is 71.4 Å². The fraction of sp³-hybridized carbons (Fsp3) is 0.200. The zero-order valence-corrected chi connectivity index (χ0v) is 14.6. The van der Waals surface area contributed by atoms with E-state index in [1.54, 1.807) is 6.20 Å². The molecule has 0 spiro atoms. The first-order valence-electron chi connectivity index (χ1n) is 8.66. The molecule has 1 saturated heterocycles. The number of hydrogen-bond acceptors (Lipinski definition) is 2. The van der Waals surface area contributed by atoms with Crippen molar-refractivity contribution in [3.63, 3.8) is 0 Å². The number of aromatic nitrogens is 1. The molecule has 2 aromatic carbocycles. The average Bonchev–Trinajstić information content (AvgIpc) is 3.18. The number of hydrogen-bond donors (Lipinski definition) is 2. The van der Waals surface area contributed by atoms with E-state index in [1.165, 1.54) is 18.2 Å². The standard InChI is InChI=1S/C20H16F3N3O2/c21-20(22,23)15-7-3-1-5-12(15)11-26-18(27)17(25-19(26)28)9-13-10-24-16-8-4-2-6-14(13)16/h1-8,10,17,24H,9,11H2,(H,25,28). The molecule has 0 saturated carbocycles. The summed E-state index contributed by atoms with van der Waals surface area (Å²) < 4.78 is 39.6. The predicted molar refractivity (Wildman–Crippen MR) is 96.3 cm³/mol. The predicted octanol–water partition coefficient (Wildman–Crippen LogP) is 3.85. The van der Waals surface area contributed by atoms with E-state index in [2.05, 4.69) is 10.3 Å². The summed E-state index contributed by atoms with van der Waals surface area (Å²) >= 11 is 0. The molecule has 8 heteroatoms. The molecule has 2 N–H and O–H groups in total. The maximum Gasteiger partial charge on any atom is 0.416 e. The van der Waals surface area contributed by atoms with Crippen LogP contribution in [0.15, 0.2) is 54.7 Å². The summed E-state index contributed by atoms with van der Waals surface area (Å²) in [5, 5.41) is 3.51. The fourth-order valence-corrected chi connectivity index (χ4v) is 3.49. The number of nitrogens with one attached hydrogen (secondary N) is 2. The van der Waals surface area contributed by atoms with E-state index in [9.17, 15) is 22.8 Å². The molecule has 28 heavy (non-hydrogen) atoms. The van der Waals surface area contributed by atoms with Gasteiger partial charge in [-0.15, -0.1) is 0 Å². The first-order chi connectivity index (χ1) is 13.3. The minimum absolute atomic E-state index is 0.119. The number of aromatic amines is 1. The summed E-state index contributed by atoms with van der Waals surface area (Å²) in [5.74, 6) is -0.535. The molecule has 2 heterocycles. The van der Waals surface area contributed by atoms with E-state index in [0.717, 1.165) is 27.4 Å². The van der Waals surface area contributed by atoms with Crippen molar-refractivity contribution in [1.82, 2.24) is 15.2 Å². The van der Waals surface area contributed by atoms with Crippen molar-refractivity contribution in [2.24, 2.45) is 0 Å². The Morgan fingerprint density at radius 1 is 0.964 bits per heavy atom. The SMILES string of the molecule is O=C1NC(Cc2c[nH]c3ccccc23)C(=O)N1Cc1ccccc1C(F)(F)F. The van der Waals surface area contributed by atoms with Gasteiger partial charge < -0.3 is 10.3 Å². The van der Waals surface area contributed by atoms with E-state index in [0.29, 0.717) is 0 Å². The highest BCUT2D eigenvalue weighted by Crippen LogP contribution is 2.33. The van der Waals surface area contributed by atoms with Gasteiger partial charge in [-0.1, -0.05) is 36.4 Å². The van der Waals surface area contributed by atoms with Gasteiger partial charge in [-0.3, -0.25) is 9.69 Å². The van der Waals surface area contributed by atoms with Crippen molar-refractivity contribution in [2.75, 3.05) is 0 Å². The molecule has 0 bridgehead atoms. The normalized spacial score (nSPS) is 17.4. The van der Waals surface area contributed by atoms with Gasteiger partial charge in [0.1, 0.15) is 6.04 Å². The third-order valence-corrected chi connectivity index (χ3v) is 4.86. The molecule has 1 aliphatic rings. The van der Waals surface area contributed by atoms with Crippen molar-refractivity contribution in [3.8, 4) is 0 Å². The van der Waals surface area contributed by atoms with Gasteiger partial charge in [0.25, 0.3) is 5.91 Å². The number of carbonyl (C=O) groups is 2. The fourth-order valence-electron chi connectivity index (χ4n) is 3.49. The van der Waals surface area contributed by atoms with Crippen LogP contribution < -0.4 is 5.32 Å². The van der Waals surface area contributed by atoms with Crippen LogP contribution in [0.25, 0.3) is 10.9 Å². The quantitative estimate of drug-likeness (QED) is 0.668. The number of para-hydroxylation sites is 1. The van der Waals surface area contributed by atoms with Crippen LogP contribution in [-0.2, 0) is 23.9 Å². The Labute approximate surface area is 158 Å². The number of rotatable bonds is 4. The highest BCUT2D eigenvalue weighted by Gasteiger charge is 2.40. The molecule has 1 fully saturated rings. The highest BCUT2D eigenvalue weighted by atomic mass is 19.4. The van der Waals surface area contributed by atoms with Crippen LogP contribution in [0.2, 0.25) is 0 Å². The van der Waals surface area contributed by atoms with Gasteiger partial charge in [-0.2, -0.15) is 13.2 Å². The molecule has 3 aromatic rings. The summed E-state index contributed by atoms with van der Waals surface area (Å²) in [6, 6.07) is 11.0. The second-order valence-electron chi connectivity index (χ2n) is 6.64. The lowest BCUT2D eigenvalue weighted by molar-refractivity contribution is -0.139. The zero-order valence-electron chi connectivity index (χ0n) is 14.6. The second-order valence-corrected chi connectivity index (χ2v) is 6.64. The van der Waals surface area contributed by atoms with Gasteiger partial charge in [0.2, 0.25) is 0 Å². The number of H-pyrrole nitrogens is 1. The lowest BCUT2D eigenvalue weighted by Crippen LogP contribution is -2.32. The first kappa shape index (κ1) is 18.1. The molecule has 1 aromatic heterocycles. The largest absolute Gasteiger partial charge is 0.416 e. The third-order valence-electron chi connectivity index (χ3n) is 4.86. The topological polar surface area (TPSA) is 65.2 Å². The number of benzene rings is 2. The summed E-state index contributed by atoms with van der Waals surface area (Å²) in [7, 11) is 0. The minimum atomic E-state index is -4.56.